The summed E-state index contributed by atoms with van der Waals surface area (Å²) < 4.78 is 5.26. The van der Waals surface area contributed by atoms with Crippen molar-refractivity contribution < 1.29 is 4.74 Å². The van der Waals surface area contributed by atoms with Gasteiger partial charge in [0.25, 0.3) is 0 Å². The zero-order valence-electron chi connectivity index (χ0n) is 13.0. The van der Waals surface area contributed by atoms with Crippen LogP contribution < -0.4 is 10.6 Å². The van der Waals surface area contributed by atoms with Crippen molar-refractivity contribution in [3.63, 3.8) is 0 Å². The highest BCUT2D eigenvalue weighted by Crippen LogP contribution is 2.26. The maximum Gasteiger partial charge on any atom is 0.106 e. The number of rotatable bonds is 8. The molecule has 0 saturated heterocycles. The zero-order valence-corrected chi connectivity index (χ0v) is 13.8. The summed E-state index contributed by atoms with van der Waals surface area (Å²) in [5, 5.41) is 0. The van der Waals surface area contributed by atoms with E-state index in [1.165, 1.54) is 5.56 Å². The van der Waals surface area contributed by atoms with Crippen LogP contribution in [0.3, 0.4) is 0 Å². The fourth-order valence-corrected chi connectivity index (χ4v) is 2.68. The van der Waals surface area contributed by atoms with Gasteiger partial charge in [-0.3, -0.25) is 0 Å². The van der Waals surface area contributed by atoms with Crippen molar-refractivity contribution in [2.75, 3.05) is 25.2 Å². The first-order valence-corrected chi connectivity index (χ1v) is 7.61. The van der Waals surface area contributed by atoms with E-state index in [2.05, 4.69) is 37.8 Å². The standard InChI is InChI=1S/C16H26N2OS/c1-5-13(6-2)18(9-10-19-4)15-11-12(3)7-8-14(15)16(17)20/h7-8,11,13H,5-6,9-10H2,1-4H3,(H2,17,20). The van der Waals surface area contributed by atoms with E-state index in [9.17, 15) is 0 Å². The van der Waals surface area contributed by atoms with Crippen LogP contribution >= 0.6 is 12.2 Å². The van der Waals surface area contributed by atoms with Crippen molar-refractivity contribution in [1.82, 2.24) is 0 Å². The molecule has 0 fully saturated rings. The van der Waals surface area contributed by atoms with Gasteiger partial charge < -0.3 is 15.4 Å². The van der Waals surface area contributed by atoms with Gasteiger partial charge >= 0.3 is 0 Å². The van der Waals surface area contributed by atoms with Crippen LogP contribution in [0.2, 0.25) is 0 Å². The topological polar surface area (TPSA) is 38.5 Å². The Hall–Kier alpha value is -1.13. The molecule has 0 unspecified atom stereocenters. The second kappa shape index (κ2) is 8.22. The minimum Gasteiger partial charge on any atom is -0.389 e. The molecular weight excluding hydrogens is 268 g/mol. The molecule has 1 aromatic rings. The summed E-state index contributed by atoms with van der Waals surface area (Å²) in [6.07, 6.45) is 2.18. The van der Waals surface area contributed by atoms with Gasteiger partial charge in [-0.15, -0.1) is 0 Å². The fourth-order valence-electron chi connectivity index (χ4n) is 2.51. The van der Waals surface area contributed by atoms with E-state index in [1.807, 2.05) is 6.07 Å². The minimum absolute atomic E-state index is 0.452. The van der Waals surface area contributed by atoms with E-state index in [0.29, 0.717) is 17.6 Å². The van der Waals surface area contributed by atoms with Gasteiger partial charge in [0.05, 0.1) is 6.61 Å². The van der Waals surface area contributed by atoms with Crippen molar-refractivity contribution in [3.8, 4) is 0 Å². The third-order valence-corrected chi connectivity index (χ3v) is 3.87. The van der Waals surface area contributed by atoms with Gasteiger partial charge in [-0.1, -0.05) is 32.1 Å². The summed E-state index contributed by atoms with van der Waals surface area (Å²) in [4.78, 5) is 2.83. The number of anilines is 1. The number of thiocarbonyl (C=S) groups is 1. The Bertz CT molecular complexity index is 444. The molecule has 4 heteroatoms. The predicted octanol–water partition coefficient (Wildman–Crippen LogP) is 3.27. The van der Waals surface area contributed by atoms with E-state index in [0.717, 1.165) is 30.6 Å². The lowest BCUT2D eigenvalue weighted by Gasteiger charge is -2.34. The molecule has 2 N–H and O–H groups in total. The van der Waals surface area contributed by atoms with Crippen molar-refractivity contribution in [3.05, 3.63) is 29.3 Å². The Morgan fingerprint density at radius 1 is 1.35 bits per heavy atom. The second-order valence-electron chi connectivity index (χ2n) is 5.04. The molecular formula is C16H26N2OS. The van der Waals surface area contributed by atoms with Crippen molar-refractivity contribution in [2.24, 2.45) is 5.73 Å². The number of nitrogens with zero attached hydrogens (tertiary/aromatic N) is 1. The van der Waals surface area contributed by atoms with Crippen LogP contribution in [0, 0.1) is 6.92 Å². The maximum atomic E-state index is 5.89. The van der Waals surface area contributed by atoms with Crippen LogP contribution in [-0.4, -0.2) is 31.3 Å². The molecule has 0 atom stereocenters. The van der Waals surface area contributed by atoms with Crippen LogP contribution in [0.25, 0.3) is 0 Å². The van der Waals surface area contributed by atoms with E-state index in [-0.39, 0.29) is 0 Å². The monoisotopic (exact) mass is 294 g/mol. The lowest BCUT2D eigenvalue weighted by atomic mass is 10.0. The van der Waals surface area contributed by atoms with Crippen LogP contribution in [0.15, 0.2) is 18.2 Å². The average Bonchev–Trinajstić information content (AvgIpc) is 2.43. The van der Waals surface area contributed by atoms with Crippen LogP contribution in [-0.2, 0) is 4.74 Å². The minimum atomic E-state index is 0.452. The van der Waals surface area contributed by atoms with E-state index >= 15 is 0 Å². The van der Waals surface area contributed by atoms with Crippen molar-refractivity contribution in [1.29, 1.82) is 0 Å². The van der Waals surface area contributed by atoms with Gasteiger partial charge in [-0.05, 0) is 37.5 Å². The lowest BCUT2D eigenvalue weighted by Crippen LogP contribution is -2.38. The highest BCUT2D eigenvalue weighted by Gasteiger charge is 2.19. The molecule has 0 aliphatic rings. The normalized spacial score (nSPS) is 10.8. The largest absolute Gasteiger partial charge is 0.389 e. The summed E-state index contributed by atoms with van der Waals surface area (Å²) in [7, 11) is 1.73. The van der Waals surface area contributed by atoms with Gasteiger partial charge in [0.15, 0.2) is 0 Å². The first-order chi connectivity index (χ1) is 9.54. The fraction of sp³-hybridized carbons (Fsp3) is 0.562. The number of methoxy groups -OCH3 is 1. The Balaban J connectivity index is 3.23. The van der Waals surface area contributed by atoms with E-state index < -0.39 is 0 Å². The Kier molecular flexibility index (Phi) is 6.96. The van der Waals surface area contributed by atoms with Crippen LogP contribution in [0.4, 0.5) is 5.69 Å². The quantitative estimate of drug-likeness (QED) is 0.747. The number of aryl methyl sites for hydroxylation is 1. The molecule has 0 aromatic heterocycles. The molecule has 0 aliphatic heterocycles. The van der Waals surface area contributed by atoms with E-state index in [1.54, 1.807) is 7.11 Å². The van der Waals surface area contributed by atoms with Gasteiger partial charge in [-0.25, -0.2) is 0 Å². The molecule has 3 nitrogen and oxygen atoms in total. The molecule has 0 saturated carbocycles. The van der Waals surface area contributed by atoms with Crippen LogP contribution in [0.1, 0.15) is 37.8 Å². The summed E-state index contributed by atoms with van der Waals surface area (Å²) in [5.41, 5.74) is 9.18. The van der Waals surface area contributed by atoms with Crippen molar-refractivity contribution in [2.45, 2.75) is 39.7 Å². The van der Waals surface area contributed by atoms with E-state index in [4.69, 9.17) is 22.7 Å². The van der Waals surface area contributed by atoms with Gasteiger partial charge in [-0.2, -0.15) is 0 Å². The highest BCUT2D eigenvalue weighted by molar-refractivity contribution is 7.80. The number of benzene rings is 1. The molecule has 20 heavy (non-hydrogen) atoms. The Morgan fingerprint density at radius 3 is 2.50 bits per heavy atom. The molecule has 0 spiro atoms. The summed E-state index contributed by atoms with van der Waals surface area (Å²) >= 11 is 5.20. The molecule has 1 aromatic carbocycles. The van der Waals surface area contributed by atoms with Gasteiger partial charge in [0.1, 0.15) is 4.99 Å². The third kappa shape index (κ3) is 4.18. The Morgan fingerprint density at radius 2 is 2.00 bits per heavy atom. The molecule has 0 amide bonds. The van der Waals surface area contributed by atoms with Crippen molar-refractivity contribution >= 4 is 22.9 Å². The maximum absolute atomic E-state index is 5.89. The number of hydrogen-bond acceptors (Lipinski definition) is 3. The van der Waals surface area contributed by atoms with Crippen LogP contribution in [0.5, 0.6) is 0 Å². The third-order valence-electron chi connectivity index (χ3n) is 3.65. The Labute approximate surface area is 128 Å². The van der Waals surface area contributed by atoms with Gasteiger partial charge in [0, 0.05) is 30.9 Å². The first-order valence-electron chi connectivity index (χ1n) is 7.21. The highest BCUT2D eigenvalue weighted by atomic mass is 32.1. The molecule has 112 valence electrons. The second-order valence-corrected chi connectivity index (χ2v) is 5.48. The predicted molar refractivity (Wildman–Crippen MR) is 90.7 cm³/mol. The zero-order chi connectivity index (χ0) is 15.1. The average molecular weight is 294 g/mol. The SMILES string of the molecule is CCC(CC)N(CCOC)c1cc(C)ccc1C(N)=S. The summed E-state index contributed by atoms with van der Waals surface area (Å²) in [6, 6.07) is 6.72. The lowest BCUT2D eigenvalue weighted by molar-refractivity contribution is 0.202. The number of ether oxygens (including phenoxy) is 1. The number of hydrogen-bond donors (Lipinski definition) is 1. The first kappa shape index (κ1) is 16.9. The summed E-state index contributed by atoms with van der Waals surface area (Å²) in [6.45, 7) is 8.06. The molecule has 0 aliphatic carbocycles. The molecule has 0 radical (unpaired) electrons. The molecule has 0 bridgehead atoms. The molecule has 1 rings (SSSR count). The van der Waals surface area contributed by atoms with Gasteiger partial charge in [0.2, 0.25) is 0 Å². The molecule has 0 heterocycles. The smallest absolute Gasteiger partial charge is 0.106 e. The summed E-state index contributed by atoms with van der Waals surface area (Å²) in [5.74, 6) is 0. The number of nitrogens with two attached hydrogens (primary N) is 1.